The van der Waals surface area contributed by atoms with Crippen molar-refractivity contribution in [3.8, 4) is 0 Å². The molecule has 0 bridgehead atoms. The monoisotopic (exact) mass is 302 g/mol. The van der Waals surface area contributed by atoms with E-state index in [0.717, 1.165) is 17.9 Å². The summed E-state index contributed by atoms with van der Waals surface area (Å²) in [6.45, 7) is 0. The Labute approximate surface area is 118 Å². The Balaban J connectivity index is 2.30. The number of nitro groups is 1. The number of nitro benzene ring substituents is 1. The number of hydrogen-bond donors (Lipinski definition) is 0. The summed E-state index contributed by atoms with van der Waals surface area (Å²) >= 11 is 1.69. The highest BCUT2D eigenvalue weighted by Crippen LogP contribution is 2.25. The van der Waals surface area contributed by atoms with E-state index in [4.69, 9.17) is 0 Å². The standard InChI is InChI=1S/C12H12F2N2O3S/c1-15(7-2-3-20-6-7)12(17)8-4-10(14)11(16(18)19)5-9(8)13/h4-5,7H,2-3,6H2,1H3. The first-order chi connectivity index (χ1) is 9.41. The second kappa shape index (κ2) is 5.74. The summed E-state index contributed by atoms with van der Waals surface area (Å²) in [4.78, 5) is 23.0. The van der Waals surface area contributed by atoms with Crippen LogP contribution in [-0.4, -0.2) is 40.3 Å². The number of rotatable bonds is 3. The summed E-state index contributed by atoms with van der Waals surface area (Å²) in [7, 11) is 1.53. The number of nitrogens with zero attached hydrogens (tertiary/aromatic N) is 2. The summed E-state index contributed by atoms with van der Waals surface area (Å²) in [6, 6.07) is 1.01. The molecule has 0 aromatic heterocycles. The van der Waals surface area contributed by atoms with Crippen molar-refractivity contribution in [3.05, 3.63) is 39.4 Å². The number of hydrogen-bond acceptors (Lipinski definition) is 4. The third-order valence-electron chi connectivity index (χ3n) is 3.24. The molecule has 1 aromatic carbocycles. The van der Waals surface area contributed by atoms with Gasteiger partial charge in [-0.3, -0.25) is 14.9 Å². The Morgan fingerprint density at radius 2 is 2.15 bits per heavy atom. The van der Waals surface area contributed by atoms with Crippen molar-refractivity contribution >= 4 is 23.4 Å². The van der Waals surface area contributed by atoms with Crippen LogP contribution < -0.4 is 0 Å². The predicted molar refractivity (Wildman–Crippen MR) is 70.8 cm³/mol. The minimum Gasteiger partial charge on any atom is -0.338 e. The van der Waals surface area contributed by atoms with Gasteiger partial charge in [-0.15, -0.1) is 0 Å². The lowest BCUT2D eigenvalue weighted by Crippen LogP contribution is -2.37. The number of halogens is 2. The van der Waals surface area contributed by atoms with E-state index in [1.54, 1.807) is 11.8 Å². The van der Waals surface area contributed by atoms with E-state index in [0.29, 0.717) is 12.1 Å². The first-order valence-electron chi connectivity index (χ1n) is 5.90. The number of benzene rings is 1. The molecule has 8 heteroatoms. The average molecular weight is 302 g/mol. The van der Waals surface area contributed by atoms with E-state index in [-0.39, 0.29) is 6.04 Å². The predicted octanol–water partition coefficient (Wildman–Crippen LogP) is 2.45. The lowest BCUT2D eigenvalue weighted by atomic mass is 10.1. The van der Waals surface area contributed by atoms with E-state index in [1.165, 1.54) is 11.9 Å². The zero-order chi connectivity index (χ0) is 14.9. The third-order valence-corrected chi connectivity index (χ3v) is 4.38. The zero-order valence-corrected chi connectivity index (χ0v) is 11.5. The van der Waals surface area contributed by atoms with Crippen molar-refractivity contribution in [1.29, 1.82) is 0 Å². The van der Waals surface area contributed by atoms with Gasteiger partial charge in [0.05, 0.1) is 16.6 Å². The lowest BCUT2D eigenvalue weighted by molar-refractivity contribution is -0.387. The van der Waals surface area contributed by atoms with Gasteiger partial charge in [0.25, 0.3) is 5.91 Å². The summed E-state index contributed by atoms with van der Waals surface area (Å²) in [6.07, 6.45) is 0.796. The minimum absolute atomic E-state index is 0.0230. The van der Waals surface area contributed by atoms with E-state index in [9.17, 15) is 23.7 Å². The fourth-order valence-corrected chi connectivity index (χ4v) is 3.29. The maximum absolute atomic E-state index is 13.8. The van der Waals surface area contributed by atoms with Crippen LogP contribution in [0.15, 0.2) is 12.1 Å². The van der Waals surface area contributed by atoms with E-state index < -0.39 is 33.7 Å². The van der Waals surface area contributed by atoms with E-state index in [1.807, 2.05) is 0 Å². The van der Waals surface area contributed by atoms with Gasteiger partial charge in [0.2, 0.25) is 5.82 Å². The molecule has 1 saturated heterocycles. The molecule has 1 aliphatic rings. The molecule has 2 rings (SSSR count). The molecule has 0 radical (unpaired) electrons. The quantitative estimate of drug-likeness (QED) is 0.635. The molecule has 0 N–H and O–H groups in total. The SMILES string of the molecule is CN(C(=O)c1cc(F)c([N+](=O)[O-])cc1F)C1CCSC1. The van der Waals surface area contributed by atoms with Gasteiger partial charge in [-0.05, 0) is 18.2 Å². The molecule has 0 spiro atoms. The van der Waals surface area contributed by atoms with Crippen LogP contribution in [0.5, 0.6) is 0 Å². The molecule has 5 nitrogen and oxygen atoms in total. The Morgan fingerprint density at radius 1 is 1.45 bits per heavy atom. The topological polar surface area (TPSA) is 63.5 Å². The van der Waals surface area contributed by atoms with Crippen molar-refractivity contribution in [3.63, 3.8) is 0 Å². The van der Waals surface area contributed by atoms with Crippen molar-refractivity contribution in [2.75, 3.05) is 18.6 Å². The summed E-state index contributed by atoms with van der Waals surface area (Å²) in [5.74, 6) is -1.29. The van der Waals surface area contributed by atoms with Crippen molar-refractivity contribution in [2.45, 2.75) is 12.5 Å². The smallest absolute Gasteiger partial charge is 0.307 e. The van der Waals surface area contributed by atoms with Crippen LogP contribution >= 0.6 is 11.8 Å². The molecule has 1 fully saturated rings. The lowest BCUT2D eigenvalue weighted by Gasteiger charge is -2.24. The summed E-state index contributed by atoms with van der Waals surface area (Å²) in [5, 5.41) is 10.5. The second-order valence-corrected chi connectivity index (χ2v) is 5.62. The van der Waals surface area contributed by atoms with Gasteiger partial charge in [0.1, 0.15) is 5.82 Å². The van der Waals surface area contributed by atoms with Crippen LogP contribution in [0.1, 0.15) is 16.8 Å². The van der Waals surface area contributed by atoms with Crippen molar-refractivity contribution in [1.82, 2.24) is 4.90 Å². The molecular weight excluding hydrogens is 290 g/mol. The molecule has 1 unspecified atom stereocenters. The molecule has 1 heterocycles. The highest BCUT2D eigenvalue weighted by molar-refractivity contribution is 7.99. The molecule has 108 valence electrons. The Morgan fingerprint density at radius 3 is 2.70 bits per heavy atom. The highest BCUT2D eigenvalue weighted by Gasteiger charge is 2.28. The minimum atomic E-state index is -1.21. The fourth-order valence-electron chi connectivity index (χ4n) is 2.02. The summed E-state index contributed by atoms with van der Waals surface area (Å²) in [5.41, 5.74) is -1.45. The Hall–Kier alpha value is -1.70. The van der Waals surface area contributed by atoms with E-state index in [2.05, 4.69) is 0 Å². The van der Waals surface area contributed by atoms with Crippen LogP contribution in [-0.2, 0) is 0 Å². The molecule has 0 aliphatic carbocycles. The summed E-state index contributed by atoms with van der Waals surface area (Å²) < 4.78 is 27.3. The van der Waals surface area contributed by atoms with Gasteiger partial charge in [-0.25, -0.2) is 4.39 Å². The molecule has 1 aliphatic heterocycles. The number of carbonyl (C=O) groups excluding carboxylic acids is 1. The highest BCUT2D eigenvalue weighted by atomic mass is 32.2. The van der Waals surface area contributed by atoms with E-state index >= 15 is 0 Å². The molecule has 1 atom stereocenters. The maximum atomic E-state index is 13.8. The van der Waals surface area contributed by atoms with Crippen LogP contribution in [0.3, 0.4) is 0 Å². The molecule has 1 amide bonds. The van der Waals surface area contributed by atoms with Gasteiger partial charge in [0, 0.05) is 18.8 Å². The van der Waals surface area contributed by atoms with Crippen LogP contribution in [0.2, 0.25) is 0 Å². The van der Waals surface area contributed by atoms with Crippen LogP contribution in [0, 0.1) is 21.7 Å². The molecule has 20 heavy (non-hydrogen) atoms. The maximum Gasteiger partial charge on any atom is 0.307 e. The first-order valence-corrected chi connectivity index (χ1v) is 7.05. The first kappa shape index (κ1) is 14.7. The van der Waals surface area contributed by atoms with Crippen LogP contribution in [0.4, 0.5) is 14.5 Å². The van der Waals surface area contributed by atoms with Gasteiger partial charge >= 0.3 is 5.69 Å². The normalized spacial score (nSPS) is 18.1. The zero-order valence-electron chi connectivity index (χ0n) is 10.6. The van der Waals surface area contributed by atoms with Gasteiger partial charge in [-0.1, -0.05) is 0 Å². The number of thioether (sulfide) groups is 1. The van der Waals surface area contributed by atoms with Gasteiger partial charge in [-0.2, -0.15) is 16.2 Å². The van der Waals surface area contributed by atoms with Crippen molar-refractivity contribution < 1.29 is 18.5 Å². The molecule has 1 aromatic rings. The third kappa shape index (κ3) is 2.74. The number of amides is 1. The average Bonchev–Trinajstić information content (AvgIpc) is 2.93. The second-order valence-electron chi connectivity index (χ2n) is 4.47. The molecular formula is C12H12F2N2O3S. The van der Waals surface area contributed by atoms with Crippen molar-refractivity contribution in [2.24, 2.45) is 0 Å². The Bertz CT molecular complexity index is 562. The van der Waals surface area contributed by atoms with Gasteiger partial charge < -0.3 is 4.90 Å². The fraction of sp³-hybridized carbons (Fsp3) is 0.417. The Kier molecular flexibility index (Phi) is 4.22. The largest absolute Gasteiger partial charge is 0.338 e. The number of carbonyl (C=O) groups is 1. The van der Waals surface area contributed by atoms with Crippen LogP contribution in [0.25, 0.3) is 0 Å². The molecule has 0 saturated carbocycles. The van der Waals surface area contributed by atoms with Gasteiger partial charge in [0.15, 0.2) is 0 Å².